The van der Waals surface area contributed by atoms with Crippen molar-refractivity contribution in [3.8, 4) is 0 Å². The van der Waals surface area contributed by atoms with Crippen molar-refractivity contribution < 1.29 is 18.6 Å². The number of fused-ring (bicyclic) bond motifs is 1. The summed E-state index contributed by atoms with van der Waals surface area (Å²) in [5.74, 6) is 0.323. The van der Waals surface area contributed by atoms with E-state index in [4.69, 9.17) is 19.9 Å². The molecule has 1 saturated heterocycles. The lowest BCUT2D eigenvalue weighted by Gasteiger charge is -2.20. The van der Waals surface area contributed by atoms with Gasteiger partial charge >= 0.3 is 0 Å². The van der Waals surface area contributed by atoms with Gasteiger partial charge in [0.2, 0.25) is 0 Å². The molecular formula is C25H25FN4O3. The highest BCUT2D eigenvalue weighted by Crippen LogP contribution is 2.38. The SMILES string of the molecule is Nc1ncnn2c([C@@H]3O[C@H](COCc4ccccc4)[C@@H](OCc4ccccc4)[C@H]3F)ccc12. The maximum Gasteiger partial charge on any atom is 0.160 e. The largest absolute Gasteiger partial charge is 0.382 e. The lowest BCUT2D eigenvalue weighted by molar-refractivity contribution is -0.0741. The third kappa shape index (κ3) is 4.59. The second-order valence-electron chi connectivity index (χ2n) is 8.00. The number of aromatic nitrogens is 3. The van der Waals surface area contributed by atoms with Crippen molar-refractivity contribution in [3.05, 3.63) is 95.9 Å². The molecule has 0 bridgehead atoms. The van der Waals surface area contributed by atoms with E-state index in [2.05, 4.69) is 10.1 Å². The van der Waals surface area contributed by atoms with Gasteiger partial charge in [0.05, 0.1) is 25.5 Å². The van der Waals surface area contributed by atoms with Crippen LogP contribution in [0.2, 0.25) is 0 Å². The third-order valence-electron chi connectivity index (χ3n) is 5.77. The number of nitrogens with two attached hydrogens (primary N) is 1. The molecule has 2 aromatic heterocycles. The first-order valence-electron chi connectivity index (χ1n) is 10.9. The van der Waals surface area contributed by atoms with E-state index in [0.29, 0.717) is 23.6 Å². The predicted molar refractivity (Wildman–Crippen MR) is 121 cm³/mol. The van der Waals surface area contributed by atoms with Gasteiger partial charge in [0.25, 0.3) is 0 Å². The van der Waals surface area contributed by atoms with E-state index in [1.54, 1.807) is 16.6 Å². The maximum atomic E-state index is 15.8. The molecule has 170 valence electrons. The number of nitrogen functional groups attached to an aromatic ring is 1. The first-order chi connectivity index (χ1) is 16.2. The van der Waals surface area contributed by atoms with Gasteiger partial charge in [0.15, 0.2) is 12.0 Å². The van der Waals surface area contributed by atoms with Crippen molar-refractivity contribution in [1.29, 1.82) is 0 Å². The minimum atomic E-state index is -1.41. The van der Waals surface area contributed by atoms with E-state index in [1.807, 2.05) is 60.7 Å². The molecule has 4 aromatic rings. The highest BCUT2D eigenvalue weighted by Gasteiger charge is 2.47. The Morgan fingerprint density at radius 2 is 1.64 bits per heavy atom. The Morgan fingerprint density at radius 1 is 0.939 bits per heavy atom. The highest BCUT2D eigenvalue weighted by molar-refractivity contribution is 5.65. The predicted octanol–water partition coefficient (Wildman–Crippen LogP) is 3.89. The van der Waals surface area contributed by atoms with Crippen LogP contribution in [-0.4, -0.2) is 39.6 Å². The minimum absolute atomic E-state index is 0.200. The number of hydrogen-bond donors (Lipinski definition) is 1. The van der Waals surface area contributed by atoms with Gasteiger partial charge in [-0.1, -0.05) is 60.7 Å². The second-order valence-corrected chi connectivity index (χ2v) is 8.00. The summed E-state index contributed by atoms with van der Waals surface area (Å²) in [6.45, 7) is 0.887. The lowest BCUT2D eigenvalue weighted by Crippen LogP contribution is -2.34. The first-order valence-corrected chi connectivity index (χ1v) is 10.9. The molecule has 1 aliphatic rings. The van der Waals surface area contributed by atoms with Gasteiger partial charge in [0.1, 0.15) is 30.2 Å². The Labute approximate surface area is 190 Å². The molecule has 0 aliphatic carbocycles. The lowest BCUT2D eigenvalue weighted by atomic mass is 10.1. The summed E-state index contributed by atoms with van der Waals surface area (Å²) in [6, 6.07) is 23.0. The van der Waals surface area contributed by atoms with Gasteiger partial charge in [-0.25, -0.2) is 13.9 Å². The summed E-state index contributed by atoms with van der Waals surface area (Å²) in [5, 5.41) is 4.23. The number of anilines is 1. The van der Waals surface area contributed by atoms with E-state index < -0.39 is 24.5 Å². The molecule has 5 rings (SSSR count). The number of nitrogens with zero attached hydrogens (tertiary/aromatic N) is 3. The Balaban J connectivity index is 1.35. The van der Waals surface area contributed by atoms with Gasteiger partial charge in [-0.2, -0.15) is 5.10 Å². The van der Waals surface area contributed by atoms with Crippen molar-refractivity contribution >= 4 is 11.3 Å². The van der Waals surface area contributed by atoms with Gasteiger partial charge in [-0.3, -0.25) is 0 Å². The van der Waals surface area contributed by atoms with Crippen LogP contribution in [0.5, 0.6) is 0 Å². The minimum Gasteiger partial charge on any atom is -0.382 e. The standard InChI is InChI=1S/C25H25FN4O3/c26-22-23(19-11-12-20-25(27)28-16-29-30(19)20)33-21(15-31-13-17-7-3-1-4-8-17)24(22)32-14-18-9-5-2-6-10-18/h1-12,16,21-24H,13-15H2,(H2,27,28,29)/t21-,22+,23+,24-/m1/s1. The number of benzene rings is 2. The van der Waals surface area contributed by atoms with E-state index in [9.17, 15) is 0 Å². The summed E-state index contributed by atoms with van der Waals surface area (Å²) in [6.07, 6.45) is -2.31. The summed E-state index contributed by atoms with van der Waals surface area (Å²) < 4.78 is 35.4. The molecule has 1 aliphatic heterocycles. The summed E-state index contributed by atoms with van der Waals surface area (Å²) in [4.78, 5) is 4.00. The van der Waals surface area contributed by atoms with Gasteiger partial charge in [-0.05, 0) is 23.3 Å². The molecule has 0 spiro atoms. The molecule has 0 radical (unpaired) electrons. The summed E-state index contributed by atoms with van der Waals surface area (Å²) in [7, 11) is 0. The molecular weight excluding hydrogens is 423 g/mol. The number of rotatable bonds is 8. The average molecular weight is 448 g/mol. The van der Waals surface area contributed by atoms with Crippen LogP contribution >= 0.6 is 0 Å². The average Bonchev–Trinajstić information content (AvgIpc) is 3.41. The zero-order valence-corrected chi connectivity index (χ0v) is 18.0. The zero-order valence-electron chi connectivity index (χ0n) is 18.0. The second kappa shape index (κ2) is 9.66. The number of hydrogen-bond acceptors (Lipinski definition) is 6. The van der Waals surface area contributed by atoms with Crippen LogP contribution in [0.3, 0.4) is 0 Å². The fourth-order valence-corrected chi connectivity index (χ4v) is 4.11. The third-order valence-corrected chi connectivity index (χ3v) is 5.77. The zero-order chi connectivity index (χ0) is 22.6. The van der Waals surface area contributed by atoms with Crippen LogP contribution in [0.25, 0.3) is 5.52 Å². The van der Waals surface area contributed by atoms with Crippen molar-refractivity contribution in [2.75, 3.05) is 12.3 Å². The number of halogens is 1. The molecule has 2 N–H and O–H groups in total. The molecule has 4 atom stereocenters. The smallest absolute Gasteiger partial charge is 0.160 e. The highest BCUT2D eigenvalue weighted by atomic mass is 19.1. The quantitative estimate of drug-likeness (QED) is 0.440. The molecule has 0 unspecified atom stereocenters. The Kier molecular flexibility index (Phi) is 6.30. The summed E-state index contributed by atoms with van der Waals surface area (Å²) >= 11 is 0. The number of ether oxygens (including phenoxy) is 3. The Bertz CT molecular complexity index is 1190. The van der Waals surface area contributed by atoms with Crippen molar-refractivity contribution in [3.63, 3.8) is 0 Å². The van der Waals surface area contributed by atoms with Gasteiger partial charge in [0, 0.05) is 0 Å². The van der Waals surface area contributed by atoms with Crippen LogP contribution in [0.4, 0.5) is 10.2 Å². The molecule has 0 amide bonds. The van der Waals surface area contributed by atoms with Crippen LogP contribution in [-0.2, 0) is 27.4 Å². The summed E-state index contributed by atoms with van der Waals surface area (Å²) in [5.41, 5.74) is 9.11. The van der Waals surface area contributed by atoms with E-state index in [0.717, 1.165) is 11.1 Å². The topological polar surface area (TPSA) is 83.9 Å². The monoisotopic (exact) mass is 448 g/mol. The fourth-order valence-electron chi connectivity index (χ4n) is 4.11. The van der Waals surface area contributed by atoms with Crippen LogP contribution in [0, 0.1) is 0 Å². The van der Waals surface area contributed by atoms with Crippen LogP contribution in [0.1, 0.15) is 22.9 Å². The number of alkyl halides is 1. The van der Waals surface area contributed by atoms with Crippen molar-refractivity contribution in [2.45, 2.75) is 37.7 Å². The molecule has 33 heavy (non-hydrogen) atoms. The van der Waals surface area contributed by atoms with Crippen LogP contribution in [0.15, 0.2) is 79.1 Å². The molecule has 0 saturated carbocycles. The van der Waals surface area contributed by atoms with Crippen LogP contribution < -0.4 is 5.73 Å². The van der Waals surface area contributed by atoms with Gasteiger partial charge in [-0.15, -0.1) is 0 Å². The van der Waals surface area contributed by atoms with Crippen molar-refractivity contribution in [1.82, 2.24) is 14.6 Å². The maximum absolute atomic E-state index is 15.8. The fraction of sp³-hybridized carbons (Fsp3) is 0.280. The van der Waals surface area contributed by atoms with E-state index in [1.165, 1.54) is 6.33 Å². The first kappa shape index (κ1) is 21.5. The van der Waals surface area contributed by atoms with E-state index in [-0.39, 0.29) is 13.2 Å². The van der Waals surface area contributed by atoms with Gasteiger partial charge < -0.3 is 19.9 Å². The molecule has 7 nitrogen and oxygen atoms in total. The Morgan fingerprint density at radius 3 is 2.36 bits per heavy atom. The molecule has 2 aromatic carbocycles. The molecule has 1 fully saturated rings. The van der Waals surface area contributed by atoms with E-state index >= 15 is 4.39 Å². The normalized spacial score (nSPS) is 22.7. The van der Waals surface area contributed by atoms with Crippen molar-refractivity contribution in [2.24, 2.45) is 0 Å². The molecule has 3 heterocycles. The Hall–Kier alpha value is -3.33. The molecule has 8 heteroatoms.